The Bertz CT molecular complexity index is 1020. The molecule has 0 atom stereocenters. The van der Waals surface area contributed by atoms with Gasteiger partial charge in [-0.3, -0.25) is 0 Å². The normalized spacial score (nSPS) is 11.7. The summed E-state index contributed by atoms with van der Waals surface area (Å²) >= 11 is 5.63. The predicted octanol–water partition coefficient (Wildman–Crippen LogP) is 10.0. The van der Waals surface area contributed by atoms with Crippen LogP contribution in [0.25, 0.3) is 29.1 Å². The molecule has 0 aliphatic carbocycles. The van der Waals surface area contributed by atoms with Crippen LogP contribution in [0.5, 0.6) is 0 Å². The molecule has 0 saturated heterocycles. The van der Waals surface area contributed by atoms with Crippen LogP contribution < -0.4 is 0 Å². The Morgan fingerprint density at radius 2 is 1.17 bits per heavy atom. The SMILES string of the molecule is CCCCCCCCCCCCCCCCCc1nc2c(-c3nccs3)[se]c(-c3nccs3)c2s1. The van der Waals surface area contributed by atoms with Crippen molar-refractivity contribution in [3.8, 4) is 18.9 Å². The first kappa shape index (κ1) is 27.2. The van der Waals surface area contributed by atoms with Gasteiger partial charge in [-0.05, 0) is 0 Å². The summed E-state index contributed by atoms with van der Waals surface area (Å²) in [4.78, 5) is 14.3. The summed E-state index contributed by atoms with van der Waals surface area (Å²) in [6, 6.07) is 0. The monoisotopic (exact) mass is 593 g/mol. The number of rotatable bonds is 18. The average Bonchev–Trinajstić information content (AvgIpc) is 3.66. The summed E-state index contributed by atoms with van der Waals surface area (Å²) in [5, 5.41) is 7.75. The van der Waals surface area contributed by atoms with Crippen molar-refractivity contribution in [1.82, 2.24) is 15.0 Å². The number of hydrogen-bond donors (Lipinski definition) is 0. The summed E-state index contributed by atoms with van der Waals surface area (Å²) in [6.45, 7) is 2.30. The molecule has 4 rings (SSSR count). The Balaban J connectivity index is 1.14. The Morgan fingerprint density at radius 3 is 1.69 bits per heavy atom. The van der Waals surface area contributed by atoms with Crippen molar-refractivity contribution in [3.05, 3.63) is 28.2 Å². The second kappa shape index (κ2) is 15.4. The molecular formula is C28H39N3S3Se. The molecule has 0 N–H and O–H groups in total. The minimum atomic E-state index is 0.247. The van der Waals surface area contributed by atoms with E-state index in [4.69, 9.17) is 4.98 Å². The third-order valence-corrected chi connectivity index (χ3v) is 12.6. The number of fused-ring (bicyclic) bond motifs is 1. The minimum absolute atomic E-state index is 0.247. The molecule has 4 aromatic heterocycles. The van der Waals surface area contributed by atoms with Crippen molar-refractivity contribution >= 4 is 58.7 Å². The summed E-state index contributed by atoms with van der Waals surface area (Å²) < 4.78 is 4.13. The molecule has 0 saturated carbocycles. The Hall–Kier alpha value is -0.851. The van der Waals surface area contributed by atoms with Gasteiger partial charge in [0.05, 0.1) is 0 Å². The van der Waals surface area contributed by atoms with E-state index in [2.05, 4.69) is 27.7 Å². The van der Waals surface area contributed by atoms with Crippen molar-refractivity contribution in [2.24, 2.45) is 0 Å². The molecule has 35 heavy (non-hydrogen) atoms. The van der Waals surface area contributed by atoms with E-state index in [0.717, 1.165) is 11.4 Å². The number of thiazole rings is 3. The summed E-state index contributed by atoms with van der Waals surface area (Å²) in [5.41, 5.74) is 1.20. The molecule has 0 radical (unpaired) electrons. The van der Waals surface area contributed by atoms with Gasteiger partial charge < -0.3 is 0 Å². The van der Waals surface area contributed by atoms with Gasteiger partial charge in [0.2, 0.25) is 0 Å². The number of aryl methyl sites for hydroxylation is 1. The molecule has 0 unspecified atom stereocenters. The Morgan fingerprint density at radius 1 is 0.657 bits per heavy atom. The van der Waals surface area contributed by atoms with Gasteiger partial charge in [0, 0.05) is 0 Å². The maximum atomic E-state index is 5.11. The molecule has 0 aliphatic rings. The molecule has 0 amide bonds. The topological polar surface area (TPSA) is 38.7 Å². The van der Waals surface area contributed by atoms with Crippen LogP contribution in [-0.2, 0) is 6.42 Å². The van der Waals surface area contributed by atoms with Gasteiger partial charge in [0.15, 0.2) is 0 Å². The molecule has 7 heteroatoms. The predicted molar refractivity (Wildman–Crippen MR) is 157 cm³/mol. The fraction of sp³-hybridized carbons (Fsp3) is 0.607. The van der Waals surface area contributed by atoms with Crippen LogP contribution in [0.3, 0.4) is 0 Å². The quantitative estimate of drug-likeness (QED) is 0.0852. The Labute approximate surface area is 229 Å². The van der Waals surface area contributed by atoms with Gasteiger partial charge >= 0.3 is 172 Å². The summed E-state index contributed by atoms with van der Waals surface area (Å²) in [6.07, 6.45) is 26.1. The van der Waals surface area contributed by atoms with Gasteiger partial charge in [-0.2, -0.15) is 0 Å². The summed E-state index contributed by atoms with van der Waals surface area (Å²) in [7, 11) is 0. The third kappa shape index (κ3) is 8.33. The first-order chi connectivity index (χ1) is 17.4. The van der Waals surface area contributed by atoms with Gasteiger partial charge in [0.25, 0.3) is 0 Å². The average molecular weight is 593 g/mol. The van der Waals surface area contributed by atoms with E-state index >= 15 is 0 Å². The zero-order valence-electron chi connectivity index (χ0n) is 21.1. The third-order valence-electron chi connectivity index (χ3n) is 6.54. The first-order valence-electron chi connectivity index (χ1n) is 13.6. The second-order valence-electron chi connectivity index (χ2n) is 9.42. The van der Waals surface area contributed by atoms with Crippen molar-refractivity contribution in [3.63, 3.8) is 0 Å². The number of nitrogens with zero attached hydrogens (tertiary/aromatic N) is 3. The molecule has 0 bridgehead atoms. The van der Waals surface area contributed by atoms with Crippen LogP contribution in [0.4, 0.5) is 0 Å². The number of hydrogen-bond acceptors (Lipinski definition) is 6. The van der Waals surface area contributed by atoms with Gasteiger partial charge in [-0.15, -0.1) is 0 Å². The molecule has 190 valence electrons. The Kier molecular flexibility index (Phi) is 12.0. The molecule has 3 nitrogen and oxygen atoms in total. The van der Waals surface area contributed by atoms with Crippen LogP contribution in [0.1, 0.15) is 108 Å². The molecule has 0 aliphatic heterocycles. The van der Waals surface area contributed by atoms with Crippen molar-refractivity contribution in [2.75, 3.05) is 0 Å². The van der Waals surface area contributed by atoms with Crippen molar-refractivity contribution in [2.45, 2.75) is 110 Å². The van der Waals surface area contributed by atoms with Gasteiger partial charge in [0.1, 0.15) is 0 Å². The fourth-order valence-electron chi connectivity index (χ4n) is 4.58. The van der Waals surface area contributed by atoms with Crippen molar-refractivity contribution < 1.29 is 0 Å². The van der Waals surface area contributed by atoms with E-state index in [9.17, 15) is 0 Å². The first-order valence-corrected chi connectivity index (χ1v) is 17.9. The van der Waals surface area contributed by atoms with Crippen LogP contribution in [0.2, 0.25) is 0 Å². The van der Waals surface area contributed by atoms with E-state index in [0.29, 0.717) is 0 Å². The van der Waals surface area contributed by atoms with Crippen molar-refractivity contribution in [1.29, 1.82) is 0 Å². The van der Waals surface area contributed by atoms with Crippen LogP contribution in [0.15, 0.2) is 23.2 Å². The second-order valence-corrected chi connectivity index (χ2v) is 14.4. The maximum absolute atomic E-state index is 5.11. The van der Waals surface area contributed by atoms with Gasteiger partial charge in [-0.1, -0.05) is 58.3 Å². The fourth-order valence-corrected chi connectivity index (χ4v) is 10.4. The van der Waals surface area contributed by atoms with E-state index in [1.807, 2.05) is 23.7 Å². The number of unbranched alkanes of at least 4 members (excludes halogenated alkanes) is 14. The van der Waals surface area contributed by atoms with E-state index < -0.39 is 0 Å². The zero-order valence-corrected chi connectivity index (χ0v) is 25.3. The number of aromatic nitrogens is 3. The van der Waals surface area contributed by atoms with E-state index in [1.165, 1.54) is 125 Å². The zero-order chi connectivity index (χ0) is 24.1. The van der Waals surface area contributed by atoms with Gasteiger partial charge in [-0.25, -0.2) is 0 Å². The molecule has 0 fully saturated rings. The van der Waals surface area contributed by atoms with Crippen LogP contribution in [-0.4, -0.2) is 29.5 Å². The van der Waals surface area contributed by atoms with Crippen LogP contribution >= 0.6 is 34.0 Å². The molecule has 4 heterocycles. The molecular weight excluding hydrogens is 553 g/mol. The standard InChI is InChI=1S/C28H39N3S3Se/c1-2-3-4-5-6-7-8-9-10-11-12-13-14-15-16-17-22-31-23-24(34-22)26(28-30-19-21-33-28)35-25(23)27-29-18-20-32-27/h18-21H,2-17H2,1H3. The van der Waals surface area contributed by atoms with E-state index in [-0.39, 0.29) is 14.5 Å². The molecule has 0 aromatic carbocycles. The summed E-state index contributed by atoms with van der Waals surface area (Å²) in [5.74, 6) is 0. The van der Waals surface area contributed by atoms with Crippen LogP contribution in [0, 0.1) is 0 Å². The van der Waals surface area contributed by atoms with E-state index in [1.54, 1.807) is 22.7 Å². The molecule has 4 aromatic rings. The molecule has 0 spiro atoms.